The van der Waals surface area contributed by atoms with Crippen LogP contribution in [0.2, 0.25) is 0 Å². The Kier molecular flexibility index (Phi) is 8.05. The van der Waals surface area contributed by atoms with Gasteiger partial charge in [0.05, 0.1) is 11.4 Å². The van der Waals surface area contributed by atoms with E-state index in [1.807, 2.05) is 24.3 Å². The highest BCUT2D eigenvalue weighted by Gasteiger charge is 2.29. The van der Waals surface area contributed by atoms with Crippen LogP contribution in [0.15, 0.2) is 211 Å². The average molecular weight is 767 g/mol. The lowest BCUT2D eigenvalue weighted by atomic mass is 9.84. The molecule has 2 heterocycles. The third-order valence-corrected chi connectivity index (χ3v) is 12.5. The fourth-order valence-corrected chi connectivity index (χ4v) is 9.74. The molecular weight excluding hydrogens is 729 g/mol. The smallest absolute Gasteiger partial charge is 0.160 e. The second-order valence-corrected chi connectivity index (χ2v) is 16.0. The zero-order valence-electron chi connectivity index (χ0n) is 32.8. The van der Waals surface area contributed by atoms with Gasteiger partial charge in [-0.05, 0) is 80.1 Å². The largest absolute Gasteiger partial charge is 0.455 e. The highest BCUT2D eigenvalue weighted by molar-refractivity contribution is 6.21. The third-order valence-electron chi connectivity index (χ3n) is 12.5. The summed E-state index contributed by atoms with van der Waals surface area (Å²) in [6.45, 7) is 0. The van der Waals surface area contributed by atoms with Gasteiger partial charge in [0.15, 0.2) is 5.82 Å². The van der Waals surface area contributed by atoms with Gasteiger partial charge in [0.25, 0.3) is 0 Å². The van der Waals surface area contributed by atoms with Crippen molar-refractivity contribution in [1.82, 2.24) is 9.97 Å². The Morgan fingerprint density at radius 2 is 1.13 bits per heavy atom. The molecule has 0 bridgehead atoms. The van der Waals surface area contributed by atoms with Gasteiger partial charge in [0.1, 0.15) is 11.2 Å². The second kappa shape index (κ2) is 14.0. The first-order valence-corrected chi connectivity index (χ1v) is 20.8. The van der Waals surface area contributed by atoms with Crippen molar-refractivity contribution in [2.75, 3.05) is 0 Å². The molecule has 0 fully saturated rings. The fourth-order valence-electron chi connectivity index (χ4n) is 9.74. The topological polar surface area (TPSA) is 38.9 Å². The van der Waals surface area contributed by atoms with Crippen LogP contribution >= 0.6 is 0 Å². The van der Waals surface area contributed by atoms with Crippen LogP contribution in [0.4, 0.5) is 0 Å². The number of aromatic nitrogens is 2. The zero-order valence-corrected chi connectivity index (χ0v) is 32.8. The summed E-state index contributed by atoms with van der Waals surface area (Å²) in [4.78, 5) is 10.3. The van der Waals surface area contributed by atoms with E-state index in [0.717, 1.165) is 62.1 Å². The number of benzene rings is 8. The van der Waals surface area contributed by atoms with Gasteiger partial charge in [-0.25, -0.2) is 9.97 Å². The van der Waals surface area contributed by atoms with Crippen molar-refractivity contribution in [3.63, 3.8) is 0 Å². The predicted molar refractivity (Wildman–Crippen MR) is 247 cm³/mol. The summed E-state index contributed by atoms with van der Waals surface area (Å²) in [6, 6.07) is 67.3. The molecule has 0 amide bonds. The third kappa shape index (κ3) is 5.66. The number of allylic oxidation sites excluding steroid dienone is 4. The summed E-state index contributed by atoms with van der Waals surface area (Å²) >= 11 is 0. The van der Waals surface area contributed by atoms with Crippen LogP contribution in [0.3, 0.4) is 0 Å². The van der Waals surface area contributed by atoms with E-state index >= 15 is 0 Å². The van der Waals surface area contributed by atoms with Crippen LogP contribution in [0, 0.1) is 0 Å². The molecule has 12 rings (SSSR count). The molecule has 0 N–H and O–H groups in total. The maximum Gasteiger partial charge on any atom is 0.160 e. The van der Waals surface area contributed by atoms with Gasteiger partial charge >= 0.3 is 0 Å². The minimum Gasteiger partial charge on any atom is -0.455 e. The Balaban J connectivity index is 0.953. The Morgan fingerprint density at radius 1 is 0.483 bits per heavy atom. The molecule has 8 aromatic carbocycles. The van der Waals surface area contributed by atoms with E-state index in [2.05, 4.69) is 182 Å². The number of hydrogen-bond acceptors (Lipinski definition) is 3. The lowest BCUT2D eigenvalue weighted by Gasteiger charge is -2.21. The monoisotopic (exact) mass is 766 g/mol. The van der Waals surface area contributed by atoms with Crippen LogP contribution in [0.25, 0.3) is 83.2 Å². The first kappa shape index (κ1) is 34.4. The Hall–Kier alpha value is -7.62. The number of rotatable bonds is 6. The molecule has 3 nitrogen and oxygen atoms in total. The van der Waals surface area contributed by atoms with E-state index < -0.39 is 0 Å². The Labute approximate surface area is 348 Å². The lowest BCUT2D eigenvalue weighted by molar-refractivity contribution is 0.672. The summed E-state index contributed by atoms with van der Waals surface area (Å²) < 4.78 is 6.80. The molecule has 2 aliphatic rings. The summed E-state index contributed by atoms with van der Waals surface area (Å²) in [7, 11) is 0. The SMILES string of the molecule is C1=CC(c2cc(-c3ccccc3)nc(-c3ccccc3)n2)CC(c2cc3c(oc4cccc(-c5ccc(C6c7ccccc7-c7ccccc76)cc5)c43)c3ccccc23)=C1. The van der Waals surface area contributed by atoms with E-state index in [4.69, 9.17) is 14.4 Å². The van der Waals surface area contributed by atoms with Crippen molar-refractivity contribution in [2.45, 2.75) is 18.3 Å². The quantitative estimate of drug-likeness (QED) is 0.169. The van der Waals surface area contributed by atoms with Gasteiger partial charge in [-0.1, -0.05) is 188 Å². The Morgan fingerprint density at radius 3 is 1.88 bits per heavy atom. The van der Waals surface area contributed by atoms with Crippen LogP contribution < -0.4 is 0 Å². The molecule has 10 aromatic rings. The van der Waals surface area contributed by atoms with Gasteiger partial charge in [0, 0.05) is 39.1 Å². The number of nitrogens with zero attached hydrogens (tertiary/aromatic N) is 2. The van der Waals surface area contributed by atoms with Crippen LogP contribution in [-0.2, 0) is 0 Å². The van der Waals surface area contributed by atoms with Crippen molar-refractivity contribution >= 4 is 38.3 Å². The fraction of sp³-hybridized carbons (Fsp3) is 0.0526. The summed E-state index contributed by atoms with van der Waals surface area (Å²) in [5.74, 6) is 1.03. The standard InChI is InChI=1S/C57H38N2O/c1-3-15-37(16-4-1)51-35-52(59-57(58-51)39-17-5-2-6-18-39)41-20-13-19-40(33-41)49-34-50-55-42(27-14-28-53(55)60-56(50)48-26-12-9-23-45(48)49)36-29-31-38(32-30-36)54-46-24-10-7-21-43(46)44-22-8-11-25-47(44)54/h1-32,34-35,41,54H,33H2. The van der Waals surface area contributed by atoms with Crippen molar-refractivity contribution < 1.29 is 4.42 Å². The van der Waals surface area contributed by atoms with E-state index in [-0.39, 0.29) is 11.8 Å². The predicted octanol–water partition coefficient (Wildman–Crippen LogP) is 14.8. The van der Waals surface area contributed by atoms with E-state index in [1.54, 1.807) is 0 Å². The number of fused-ring (bicyclic) bond motifs is 8. The summed E-state index contributed by atoms with van der Waals surface area (Å²) in [6.07, 6.45) is 7.58. The van der Waals surface area contributed by atoms with Crippen molar-refractivity contribution in [3.8, 4) is 44.9 Å². The van der Waals surface area contributed by atoms with Gasteiger partial charge < -0.3 is 4.42 Å². The molecule has 1 unspecified atom stereocenters. The van der Waals surface area contributed by atoms with Gasteiger partial charge in [-0.15, -0.1) is 0 Å². The van der Waals surface area contributed by atoms with Crippen molar-refractivity contribution in [1.29, 1.82) is 0 Å². The van der Waals surface area contributed by atoms with Crippen LogP contribution in [0.1, 0.15) is 46.2 Å². The van der Waals surface area contributed by atoms with E-state index in [0.29, 0.717) is 0 Å². The minimum atomic E-state index is 0.0707. The number of furan rings is 1. The molecule has 0 aliphatic heterocycles. The molecule has 282 valence electrons. The molecule has 1 atom stereocenters. The first-order chi connectivity index (χ1) is 29.7. The maximum absolute atomic E-state index is 6.80. The van der Waals surface area contributed by atoms with Gasteiger partial charge in [-0.2, -0.15) is 0 Å². The number of hydrogen-bond donors (Lipinski definition) is 0. The lowest BCUT2D eigenvalue weighted by Crippen LogP contribution is -2.06. The zero-order chi connectivity index (χ0) is 39.6. The summed E-state index contributed by atoms with van der Waals surface area (Å²) in [5, 5.41) is 4.57. The molecular formula is C57H38N2O. The molecule has 0 saturated heterocycles. The highest BCUT2D eigenvalue weighted by atomic mass is 16.3. The maximum atomic E-state index is 6.80. The molecule has 2 aliphatic carbocycles. The molecule has 2 aromatic heterocycles. The molecule has 60 heavy (non-hydrogen) atoms. The van der Waals surface area contributed by atoms with Crippen molar-refractivity contribution in [3.05, 3.63) is 234 Å². The molecule has 3 heteroatoms. The minimum absolute atomic E-state index is 0.0707. The van der Waals surface area contributed by atoms with E-state index in [9.17, 15) is 0 Å². The second-order valence-electron chi connectivity index (χ2n) is 16.0. The average Bonchev–Trinajstić information content (AvgIpc) is 3.88. The van der Waals surface area contributed by atoms with Crippen molar-refractivity contribution in [2.24, 2.45) is 0 Å². The highest BCUT2D eigenvalue weighted by Crippen LogP contribution is 2.49. The normalized spacial score (nSPS) is 14.7. The van der Waals surface area contributed by atoms with Gasteiger partial charge in [-0.3, -0.25) is 0 Å². The molecule has 0 radical (unpaired) electrons. The van der Waals surface area contributed by atoms with Gasteiger partial charge in [0.2, 0.25) is 0 Å². The van der Waals surface area contributed by atoms with E-state index in [1.165, 1.54) is 55.5 Å². The molecule has 0 spiro atoms. The Bertz CT molecular complexity index is 3240. The van der Waals surface area contributed by atoms with Crippen LogP contribution in [0.5, 0.6) is 0 Å². The molecule has 0 saturated carbocycles. The first-order valence-electron chi connectivity index (χ1n) is 20.8. The summed E-state index contributed by atoms with van der Waals surface area (Å²) in [5.41, 5.74) is 17.4. The van der Waals surface area contributed by atoms with Crippen LogP contribution in [-0.4, -0.2) is 9.97 Å².